The Balaban J connectivity index is 2.33. The topological polar surface area (TPSA) is 48.1 Å². The van der Waals surface area contributed by atoms with E-state index in [1.165, 1.54) is 0 Å². The molecule has 0 radical (unpaired) electrons. The first kappa shape index (κ1) is 13.1. The molecular weight excluding hydrogens is 292 g/mol. The summed E-state index contributed by atoms with van der Waals surface area (Å²) < 4.78 is 6.79. The van der Waals surface area contributed by atoms with Crippen molar-refractivity contribution in [3.05, 3.63) is 51.6 Å². The molecule has 2 N–H and O–H groups in total. The van der Waals surface area contributed by atoms with Crippen LogP contribution in [-0.4, -0.2) is 4.98 Å². The number of nitrogens with two attached hydrogens (primary N) is 1. The van der Waals surface area contributed by atoms with Crippen molar-refractivity contribution in [2.24, 2.45) is 5.73 Å². The minimum Gasteiger partial charge on any atom is -0.438 e. The minimum atomic E-state index is 0.503. The highest BCUT2D eigenvalue weighted by Gasteiger charge is 2.07. The molecule has 0 spiro atoms. The Labute approximate surface area is 115 Å². The SMILES string of the molecule is Cc1ccc(CN)cc1Oc1ncc(Br)cc1C. The van der Waals surface area contributed by atoms with Crippen molar-refractivity contribution < 1.29 is 4.74 Å². The van der Waals surface area contributed by atoms with Crippen molar-refractivity contribution >= 4 is 15.9 Å². The van der Waals surface area contributed by atoms with Crippen LogP contribution in [0.1, 0.15) is 16.7 Å². The summed E-state index contributed by atoms with van der Waals surface area (Å²) in [5.74, 6) is 1.42. The average Bonchev–Trinajstić information content (AvgIpc) is 2.35. The minimum absolute atomic E-state index is 0.503. The number of benzene rings is 1. The lowest BCUT2D eigenvalue weighted by atomic mass is 10.1. The van der Waals surface area contributed by atoms with Crippen molar-refractivity contribution in [1.29, 1.82) is 0 Å². The first-order chi connectivity index (χ1) is 8.60. The van der Waals surface area contributed by atoms with Gasteiger partial charge in [-0.3, -0.25) is 0 Å². The fourth-order valence-electron chi connectivity index (χ4n) is 1.62. The maximum atomic E-state index is 5.85. The summed E-state index contributed by atoms with van der Waals surface area (Å²) in [7, 11) is 0. The molecule has 3 nitrogen and oxygen atoms in total. The van der Waals surface area contributed by atoms with E-state index in [1.54, 1.807) is 6.20 Å². The Morgan fingerprint density at radius 1 is 1.22 bits per heavy atom. The van der Waals surface area contributed by atoms with Gasteiger partial charge < -0.3 is 10.5 Å². The lowest BCUT2D eigenvalue weighted by Gasteiger charge is -2.11. The zero-order valence-corrected chi connectivity index (χ0v) is 12.0. The van der Waals surface area contributed by atoms with Crippen LogP contribution in [0.15, 0.2) is 34.9 Å². The monoisotopic (exact) mass is 306 g/mol. The van der Waals surface area contributed by atoms with Gasteiger partial charge in [-0.05, 0) is 53.0 Å². The highest BCUT2D eigenvalue weighted by atomic mass is 79.9. The maximum absolute atomic E-state index is 5.85. The van der Waals surface area contributed by atoms with Gasteiger partial charge in [-0.1, -0.05) is 12.1 Å². The predicted molar refractivity (Wildman–Crippen MR) is 75.8 cm³/mol. The number of halogens is 1. The predicted octanol–water partition coefficient (Wildman–Crippen LogP) is 3.71. The molecule has 1 aromatic carbocycles. The smallest absolute Gasteiger partial charge is 0.222 e. The Morgan fingerprint density at radius 2 is 2.00 bits per heavy atom. The molecule has 1 aromatic heterocycles. The van der Waals surface area contributed by atoms with Crippen LogP contribution in [0.3, 0.4) is 0 Å². The molecule has 0 unspecified atom stereocenters. The maximum Gasteiger partial charge on any atom is 0.222 e. The number of ether oxygens (including phenoxy) is 1. The molecule has 18 heavy (non-hydrogen) atoms. The van der Waals surface area contributed by atoms with E-state index in [-0.39, 0.29) is 0 Å². The number of aryl methyl sites for hydroxylation is 2. The van der Waals surface area contributed by atoms with Crippen molar-refractivity contribution in [2.45, 2.75) is 20.4 Å². The molecule has 2 rings (SSSR count). The zero-order valence-electron chi connectivity index (χ0n) is 10.4. The third-order valence-electron chi connectivity index (χ3n) is 2.69. The van der Waals surface area contributed by atoms with E-state index in [0.717, 1.165) is 26.9 Å². The molecule has 0 bridgehead atoms. The quantitative estimate of drug-likeness (QED) is 0.940. The Kier molecular flexibility index (Phi) is 3.99. The second-order valence-electron chi connectivity index (χ2n) is 4.18. The molecule has 2 aromatic rings. The van der Waals surface area contributed by atoms with Gasteiger partial charge in [0.25, 0.3) is 0 Å². The number of hydrogen-bond donors (Lipinski definition) is 1. The average molecular weight is 307 g/mol. The lowest BCUT2D eigenvalue weighted by molar-refractivity contribution is 0.454. The Hall–Kier alpha value is -1.39. The van der Waals surface area contributed by atoms with E-state index in [2.05, 4.69) is 20.9 Å². The van der Waals surface area contributed by atoms with E-state index >= 15 is 0 Å². The van der Waals surface area contributed by atoms with Crippen LogP contribution in [0.25, 0.3) is 0 Å². The molecule has 4 heteroatoms. The summed E-state index contributed by atoms with van der Waals surface area (Å²) in [6.07, 6.45) is 1.73. The lowest BCUT2D eigenvalue weighted by Crippen LogP contribution is -1.98. The van der Waals surface area contributed by atoms with Crippen molar-refractivity contribution in [3.63, 3.8) is 0 Å². The van der Waals surface area contributed by atoms with Crippen molar-refractivity contribution in [3.8, 4) is 11.6 Å². The van der Waals surface area contributed by atoms with Gasteiger partial charge >= 0.3 is 0 Å². The summed E-state index contributed by atoms with van der Waals surface area (Å²) >= 11 is 3.38. The molecule has 0 atom stereocenters. The largest absolute Gasteiger partial charge is 0.438 e. The zero-order chi connectivity index (χ0) is 13.1. The highest BCUT2D eigenvalue weighted by molar-refractivity contribution is 9.10. The Morgan fingerprint density at radius 3 is 2.67 bits per heavy atom. The second-order valence-corrected chi connectivity index (χ2v) is 5.10. The van der Waals surface area contributed by atoms with Crippen LogP contribution in [0.4, 0.5) is 0 Å². The molecule has 1 heterocycles. The van der Waals surface area contributed by atoms with Crippen molar-refractivity contribution in [1.82, 2.24) is 4.98 Å². The molecule has 0 aliphatic heterocycles. The molecule has 0 fully saturated rings. The number of pyridine rings is 1. The Bertz CT molecular complexity index is 570. The van der Waals surface area contributed by atoms with E-state index < -0.39 is 0 Å². The molecule has 0 saturated carbocycles. The molecular formula is C14H15BrN2O. The van der Waals surface area contributed by atoms with Gasteiger partial charge in [-0.2, -0.15) is 0 Å². The van der Waals surface area contributed by atoms with Crippen LogP contribution in [0, 0.1) is 13.8 Å². The summed E-state index contributed by atoms with van der Waals surface area (Å²) in [6.45, 7) is 4.47. The fourth-order valence-corrected chi connectivity index (χ4v) is 2.07. The van der Waals surface area contributed by atoms with Gasteiger partial charge in [-0.25, -0.2) is 4.98 Å². The van der Waals surface area contributed by atoms with E-state index in [4.69, 9.17) is 10.5 Å². The highest BCUT2D eigenvalue weighted by Crippen LogP contribution is 2.28. The number of aromatic nitrogens is 1. The van der Waals surface area contributed by atoms with Gasteiger partial charge in [0.1, 0.15) is 5.75 Å². The van der Waals surface area contributed by atoms with E-state index in [0.29, 0.717) is 12.4 Å². The molecule has 0 amide bonds. The van der Waals surface area contributed by atoms with E-state index in [9.17, 15) is 0 Å². The third-order valence-corrected chi connectivity index (χ3v) is 3.13. The second kappa shape index (κ2) is 5.50. The summed E-state index contributed by atoms with van der Waals surface area (Å²) in [6, 6.07) is 7.94. The normalized spacial score (nSPS) is 10.4. The van der Waals surface area contributed by atoms with Crippen LogP contribution in [-0.2, 0) is 6.54 Å². The van der Waals surface area contributed by atoms with Gasteiger partial charge in [0.2, 0.25) is 5.88 Å². The molecule has 0 aliphatic carbocycles. The van der Waals surface area contributed by atoms with Gasteiger partial charge in [0.15, 0.2) is 0 Å². The van der Waals surface area contributed by atoms with Crippen LogP contribution < -0.4 is 10.5 Å². The number of rotatable bonds is 3. The number of nitrogens with zero attached hydrogens (tertiary/aromatic N) is 1. The van der Waals surface area contributed by atoms with Crippen LogP contribution in [0.5, 0.6) is 11.6 Å². The van der Waals surface area contributed by atoms with Gasteiger partial charge in [0, 0.05) is 22.8 Å². The molecule has 0 saturated heterocycles. The first-order valence-electron chi connectivity index (χ1n) is 5.69. The fraction of sp³-hybridized carbons (Fsp3) is 0.214. The van der Waals surface area contributed by atoms with Gasteiger partial charge in [-0.15, -0.1) is 0 Å². The summed E-state index contributed by atoms with van der Waals surface area (Å²) in [5.41, 5.74) is 8.74. The molecule has 0 aliphatic rings. The standard InChI is InChI=1S/C14H15BrN2O/c1-9-3-4-11(7-16)6-13(9)18-14-10(2)5-12(15)8-17-14/h3-6,8H,7,16H2,1-2H3. The summed E-state index contributed by atoms with van der Waals surface area (Å²) in [4.78, 5) is 4.27. The van der Waals surface area contributed by atoms with Gasteiger partial charge in [0.05, 0.1) is 0 Å². The van der Waals surface area contributed by atoms with E-state index in [1.807, 2.05) is 38.1 Å². The molecule has 94 valence electrons. The summed E-state index contributed by atoms with van der Waals surface area (Å²) in [5, 5.41) is 0. The number of hydrogen-bond acceptors (Lipinski definition) is 3. The third kappa shape index (κ3) is 2.89. The van der Waals surface area contributed by atoms with Crippen LogP contribution >= 0.6 is 15.9 Å². The first-order valence-corrected chi connectivity index (χ1v) is 6.49. The van der Waals surface area contributed by atoms with Crippen molar-refractivity contribution in [2.75, 3.05) is 0 Å². The van der Waals surface area contributed by atoms with Crippen LogP contribution in [0.2, 0.25) is 0 Å².